The Morgan fingerprint density at radius 1 is 1.17 bits per heavy atom. The van der Waals surface area contributed by atoms with Crippen molar-refractivity contribution >= 4 is 25.3 Å². The molecule has 0 spiro atoms. The van der Waals surface area contributed by atoms with Crippen LogP contribution >= 0.6 is 19.3 Å². The van der Waals surface area contributed by atoms with E-state index in [4.69, 9.17) is 30.1 Å². The number of hydrogen-bond donors (Lipinski definition) is 4. The van der Waals surface area contributed by atoms with Crippen molar-refractivity contribution in [2.24, 2.45) is 0 Å². The molecule has 1 unspecified atom stereocenters. The molecule has 13 nitrogen and oxygen atoms in total. The van der Waals surface area contributed by atoms with E-state index in [1.165, 1.54) is 19.1 Å². The molecule has 15 heteroatoms. The number of nitrogens with zero attached hydrogens (tertiary/aromatic N) is 1. The number of aromatic amines is 1. The summed E-state index contributed by atoms with van der Waals surface area (Å²) in [6, 6.07) is 16.8. The molecule has 2 heterocycles. The summed E-state index contributed by atoms with van der Waals surface area (Å²) in [5, 5.41) is 24.3. The first-order valence-electron chi connectivity index (χ1n) is 12.7. The van der Waals surface area contributed by atoms with Gasteiger partial charge in [0.2, 0.25) is 0 Å². The first-order chi connectivity index (χ1) is 20.1. The van der Waals surface area contributed by atoms with E-state index in [-0.39, 0.29) is 12.4 Å². The van der Waals surface area contributed by atoms with E-state index in [0.29, 0.717) is 0 Å². The van der Waals surface area contributed by atoms with Crippen molar-refractivity contribution in [1.29, 1.82) is 0 Å². The van der Waals surface area contributed by atoms with E-state index in [0.717, 1.165) is 34.0 Å². The SMILES string of the molecule is C[C@H](NP(=O)(OC[C@@]1(/C=C\Cl)O[C@@H](n2ccc(=O)[nH]c2=O)[C@H](O)[C@@H]1O)Oc1ccccc1)C(=O)OCc1ccccc1. The van der Waals surface area contributed by atoms with Crippen molar-refractivity contribution in [2.75, 3.05) is 6.61 Å². The monoisotopic (exact) mass is 621 g/mol. The molecule has 1 aliphatic rings. The van der Waals surface area contributed by atoms with Crippen molar-refractivity contribution in [1.82, 2.24) is 14.6 Å². The average molecular weight is 622 g/mol. The first-order valence-corrected chi connectivity index (χ1v) is 14.6. The van der Waals surface area contributed by atoms with Crippen LogP contribution < -0.4 is 20.9 Å². The number of aliphatic hydroxyl groups is 2. The van der Waals surface area contributed by atoms with Crippen molar-refractivity contribution in [3.05, 3.63) is 111 Å². The molecule has 3 aromatic rings. The lowest BCUT2D eigenvalue weighted by molar-refractivity contribution is -0.146. The number of aromatic nitrogens is 2. The van der Waals surface area contributed by atoms with Gasteiger partial charge in [0.1, 0.15) is 36.2 Å². The molecule has 42 heavy (non-hydrogen) atoms. The molecular formula is C27H29ClN3O10P. The second-order valence-corrected chi connectivity index (χ2v) is 11.3. The topological polar surface area (TPSA) is 178 Å². The third kappa shape index (κ3) is 7.44. The van der Waals surface area contributed by atoms with Crippen LogP contribution in [-0.4, -0.2) is 56.2 Å². The Kier molecular flexibility index (Phi) is 10.2. The molecule has 0 bridgehead atoms. The van der Waals surface area contributed by atoms with Gasteiger partial charge >= 0.3 is 19.4 Å². The van der Waals surface area contributed by atoms with Gasteiger partial charge in [0, 0.05) is 17.8 Å². The molecule has 4 N–H and O–H groups in total. The van der Waals surface area contributed by atoms with Crippen LogP contribution in [0.15, 0.2) is 94.1 Å². The highest BCUT2D eigenvalue weighted by Gasteiger charge is 2.55. The molecule has 0 radical (unpaired) electrons. The summed E-state index contributed by atoms with van der Waals surface area (Å²) in [4.78, 5) is 38.6. The van der Waals surface area contributed by atoms with Gasteiger partial charge in [-0.1, -0.05) is 60.1 Å². The lowest BCUT2D eigenvalue weighted by Crippen LogP contribution is -2.46. The van der Waals surface area contributed by atoms with Crippen LogP contribution in [-0.2, 0) is 30.0 Å². The summed E-state index contributed by atoms with van der Waals surface area (Å²) in [6.45, 7) is 0.644. The normalized spacial score (nSPS) is 24.2. The quantitative estimate of drug-likeness (QED) is 0.172. The molecule has 6 atom stereocenters. The lowest BCUT2D eigenvalue weighted by atomic mass is 9.96. The van der Waals surface area contributed by atoms with Crippen molar-refractivity contribution < 1.29 is 38.1 Å². The fourth-order valence-electron chi connectivity index (χ4n) is 4.11. The minimum atomic E-state index is -4.44. The third-order valence-corrected chi connectivity index (χ3v) is 8.03. The second-order valence-electron chi connectivity index (χ2n) is 9.33. The van der Waals surface area contributed by atoms with Crippen molar-refractivity contribution in [2.45, 2.75) is 43.6 Å². The number of carbonyl (C=O) groups excluding carboxylic acids is 1. The van der Waals surface area contributed by atoms with Gasteiger partial charge in [0.15, 0.2) is 6.23 Å². The van der Waals surface area contributed by atoms with Gasteiger partial charge in [-0.05, 0) is 30.7 Å². The van der Waals surface area contributed by atoms with Gasteiger partial charge in [-0.3, -0.25) is 23.7 Å². The van der Waals surface area contributed by atoms with Crippen LogP contribution in [0.2, 0.25) is 0 Å². The van der Waals surface area contributed by atoms with Gasteiger partial charge in [0.25, 0.3) is 5.56 Å². The fourth-order valence-corrected chi connectivity index (χ4v) is 5.85. The van der Waals surface area contributed by atoms with Gasteiger partial charge in [-0.25, -0.2) is 9.36 Å². The van der Waals surface area contributed by atoms with E-state index in [1.807, 2.05) is 11.1 Å². The van der Waals surface area contributed by atoms with Crippen molar-refractivity contribution in [3.8, 4) is 5.75 Å². The predicted octanol–water partition coefficient (Wildman–Crippen LogP) is 2.20. The summed E-state index contributed by atoms with van der Waals surface area (Å²) >= 11 is 5.82. The van der Waals surface area contributed by atoms with Gasteiger partial charge in [0.05, 0.1) is 6.61 Å². The van der Waals surface area contributed by atoms with Crippen LogP contribution in [0.4, 0.5) is 0 Å². The maximum Gasteiger partial charge on any atom is 0.459 e. The Labute approximate surface area is 244 Å². The predicted molar refractivity (Wildman–Crippen MR) is 151 cm³/mol. The molecule has 2 aromatic carbocycles. The lowest BCUT2D eigenvalue weighted by Gasteiger charge is -2.31. The molecule has 0 saturated carbocycles. The number of hydrogen-bond acceptors (Lipinski definition) is 10. The number of benzene rings is 2. The highest BCUT2D eigenvalue weighted by Crippen LogP contribution is 2.48. The number of ether oxygens (including phenoxy) is 2. The van der Waals surface area contributed by atoms with Crippen LogP contribution in [0.1, 0.15) is 18.7 Å². The summed E-state index contributed by atoms with van der Waals surface area (Å²) in [5.41, 5.74) is -1.81. The number of halogens is 1. The Morgan fingerprint density at radius 3 is 2.48 bits per heavy atom. The van der Waals surface area contributed by atoms with E-state index in [2.05, 4.69) is 5.09 Å². The molecule has 0 amide bonds. The van der Waals surface area contributed by atoms with Gasteiger partial charge < -0.3 is 24.2 Å². The molecule has 1 fully saturated rings. The Morgan fingerprint density at radius 2 is 1.83 bits per heavy atom. The molecule has 224 valence electrons. The van der Waals surface area contributed by atoms with E-state index < -0.39 is 61.7 Å². The Balaban J connectivity index is 1.55. The van der Waals surface area contributed by atoms with Crippen molar-refractivity contribution in [3.63, 3.8) is 0 Å². The van der Waals surface area contributed by atoms with Gasteiger partial charge in [-0.15, -0.1) is 0 Å². The van der Waals surface area contributed by atoms with E-state index in [9.17, 15) is 29.2 Å². The maximum atomic E-state index is 14.0. The smallest absolute Gasteiger partial charge is 0.459 e. The molecule has 1 saturated heterocycles. The zero-order valence-electron chi connectivity index (χ0n) is 22.2. The number of para-hydroxylation sites is 1. The molecule has 4 rings (SSSR count). The molecule has 1 aliphatic heterocycles. The summed E-state index contributed by atoms with van der Waals surface area (Å²) in [6.07, 6.45) is -2.73. The van der Waals surface area contributed by atoms with Crippen LogP contribution in [0.25, 0.3) is 0 Å². The average Bonchev–Trinajstić information content (AvgIpc) is 3.21. The Bertz CT molecular complexity index is 1550. The number of H-pyrrole nitrogens is 1. The second kappa shape index (κ2) is 13.6. The molecule has 1 aromatic heterocycles. The minimum Gasteiger partial charge on any atom is -0.460 e. The number of carbonyl (C=O) groups is 1. The zero-order chi connectivity index (χ0) is 30.3. The summed E-state index contributed by atoms with van der Waals surface area (Å²) in [5.74, 6) is -0.620. The number of nitrogens with one attached hydrogen (secondary N) is 2. The summed E-state index contributed by atoms with van der Waals surface area (Å²) < 4.78 is 37.3. The molecular weight excluding hydrogens is 593 g/mol. The fraction of sp³-hybridized carbons (Fsp3) is 0.296. The van der Waals surface area contributed by atoms with E-state index >= 15 is 0 Å². The number of esters is 1. The van der Waals surface area contributed by atoms with Crippen LogP contribution in [0.5, 0.6) is 5.75 Å². The standard InChI is InChI=1S/C27H29ClN3O10P/c1-18(25(35)38-16-19-8-4-2-5-9-19)30-42(37,41-20-10-6-3-7-11-20)39-17-27(13-14-28)23(34)22(33)24(40-27)31-15-12-21(32)29-26(31)36/h2-15,18,22-24,33-34H,16-17H2,1H3,(H,30,37)(H,29,32,36)/b14-13-/t18-,22+,23-,24+,27+,42?/m0/s1. The van der Waals surface area contributed by atoms with Gasteiger partial charge in [-0.2, -0.15) is 5.09 Å². The zero-order valence-corrected chi connectivity index (χ0v) is 23.9. The number of rotatable bonds is 12. The summed E-state index contributed by atoms with van der Waals surface area (Å²) in [7, 11) is -4.44. The minimum absolute atomic E-state index is 0.0244. The maximum absolute atomic E-state index is 14.0. The largest absolute Gasteiger partial charge is 0.460 e. The number of aliphatic hydroxyl groups excluding tert-OH is 2. The van der Waals surface area contributed by atoms with Crippen LogP contribution in [0.3, 0.4) is 0 Å². The highest BCUT2D eigenvalue weighted by molar-refractivity contribution is 7.52. The first kappa shape index (κ1) is 31.4. The van der Waals surface area contributed by atoms with E-state index in [1.54, 1.807) is 42.5 Å². The molecule has 0 aliphatic carbocycles. The third-order valence-electron chi connectivity index (χ3n) is 6.29. The Hall–Kier alpha value is -3.55. The highest BCUT2D eigenvalue weighted by atomic mass is 35.5. The van der Waals surface area contributed by atoms with Crippen LogP contribution in [0, 0.1) is 0 Å².